The average Bonchev–Trinajstić information content (AvgIpc) is 3.57. The van der Waals surface area contributed by atoms with Crippen molar-refractivity contribution in [2.75, 3.05) is 26.8 Å². The summed E-state index contributed by atoms with van der Waals surface area (Å²) in [5, 5.41) is 2.09. The maximum atomic E-state index is 13.7. The molecule has 1 aliphatic carbocycles. The van der Waals surface area contributed by atoms with Crippen molar-refractivity contribution in [3.05, 3.63) is 46.2 Å². The minimum Gasteiger partial charge on any atom is -0.497 e. The van der Waals surface area contributed by atoms with Gasteiger partial charge in [0, 0.05) is 29.4 Å². The number of carbonyl (C=O) groups excluding carboxylic acids is 2. The highest BCUT2D eigenvalue weighted by Crippen LogP contribution is 2.35. The Bertz CT molecular complexity index is 985. The highest BCUT2D eigenvalue weighted by atomic mass is 32.1. The number of thiophene rings is 1. The lowest BCUT2D eigenvalue weighted by atomic mass is 10.00. The van der Waals surface area contributed by atoms with Gasteiger partial charge in [0.2, 0.25) is 11.8 Å². The van der Waals surface area contributed by atoms with E-state index < -0.39 is 0 Å². The quantitative estimate of drug-likeness (QED) is 0.498. The van der Waals surface area contributed by atoms with Crippen molar-refractivity contribution >= 4 is 23.2 Å². The van der Waals surface area contributed by atoms with Crippen LogP contribution in [0, 0.1) is 5.92 Å². The normalized spacial score (nSPS) is 18.9. The van der Waals surface area contributed by atoms with E-state index in [-0.39, 0.29) is 36.4 Å². The summed E-state index contributed by atoms with van der Waals surface area (Å²) in [6, 6.07) is 9.51. The Balaban J connectivity index is 1.51. The second kappa shape index (κ2) is 11.3. The maximum Gasteiger partial charge on any atom is 0.242 e. The van der Waals surface area contributed by atoms with Crippen LogP contribution in [-0.2, 0) is 16.0 Å². The number of hydrogen-bond acceptors (Lipinski definition) is 5. The Hall–Kier alpha value is -2.54. The highest BCUT2D eigenvalue weighted by Gasteiger charge is 2.36. The topological polar surface area (TPSA) is 59.1 Å². The van der Waals surface area contributed by atoms with E-state index in [9.17, 15) is 9.59 Å². The van der Waals surface area contributed by atoms with Crippen molar-refractivity contribution in [2.45, 2.75) is 64.5 Å². The van der Waals surface area contributed by atoms with Crippen LogP contribution in [-0.4, -0.2) is 54.5 Å². The summed E-state index contributed by atoms with van der Waals surface area (Å²) in [5.41, 5.74) is 1.16. The van der Waals surface area contributed by atoms with Gasteiger partial charge in [-0.2, -0.15) is 0 Å². The summed E-state index contributed by atoms with van der Waals surface area (Å²) in [7, 11) is 1.63. The fraction of sp³-hybridized carbons (Fsp3) is 0.556. The molecule has 1 aromatic heterocycles. The number of benzene rings is 1. The molecule has 2 aliphatic rings. The molecule has 0 saturated heterocycles. The summed E-state index contributed by atoms with van der Waals surface area (Å²) in [6.45, 7) is 5.27. The van der Waals surface area contributed by atoms with E-state index in [1.807, 2.05) is 34.1 Å². The molecule has 1 fully saturated rings. The third-order valence-electron chi connectivity index (χ3n) is 7.28. The molecule has 0 bridgehead atoms. The van der Waals surface area contributed by atoms with Crippen LogP contribution in [0.5, 0.6) is 11.5 Å². The predicted octanol–water partition coefficient (Wildman–Crippen LogP) is 5.08. The van der Waals surface area contributed by atoms with E-state index in [4.69, 9.17) is 9.47 Å². The van der Waals surface area contributed by atoms with Crippen molar-refractivity contribution in [2.24, 2.45) is 5.92 Å². The second-order valence-corrected chi connectivity index (χ2v) is 10.3. The van der Waals surface area contributed by atoms with Crippen LogP contribution in [0.15, 0.2) is 35.7 Å². The number of carbonyl (C=O) groups is 2. The molecule has 2 aromatic rings. The Labute approximate surface area is 206 Å². The summed E-state index contributed by atoms with van der Waals surface area (Å²) >= 11 is 1.74. The number of rotatable bonds is 9. The van der Waals surface area contributed by atoms with Gasteiger partial charge in [0.25, 0.3) is 0 Å². The number of methoxy groups -OCH3 is 1. The second-order valence-electron chi connectivity index (χ2n) is 9.35. The SMILES string of the molecule is CC[C@@H](C)N(CC(=O)N1CCc2sccc2[C@H]1COc1cccc(OC)c1)C(=O)C1CCCC1. The van der Waals surface area contributed by atoms with E-state index in [1.54, 1.807) is 18.4 Å². The zero-order chi connectivity index (χ0) is 24.1. The van der Waals surface area contributed by atoms with Crippen LogP contribution in [0.4, 0.5) is 0 Å². The first-order chi connectivity index (χ1) is 16.5. The monoisotopic (exact) mass is 484 g/mol. The number of ether oxygens (including phenoxy) is 2. The number of nitrogens with zero attached hydrogens (tertiary/aromatic N) is 2. The van der Waals surface area contributed by atoms with Gasteiger partial charge < -0.3 is 19.3 Å². The first kappa shape index (κ1) is 24.6. The van der Waals surface area contributed by atoms with Crippen LogP contribution in [0.3, 0.4) is 0 Å². The van der Waals surface area contributed by atoms with Crippen molar-refractivity contribution < 1.29 is 19.1 Å². The molecule has 0 N–H and O–H groups in total. The molecule has 0 radical (unpaired) electrons. The van der Waals surface area contributed by atoms with Gasteiger partial charge in [0.15, 0.2) is 0 Å². The predicted molar refractivity (Wildman–Crippen MR) is 134 cm³/mol. The van der Waals surface area contributed by atoms with Gasteiger partial charge in [-0.05, 0) is 61.7 Å². The molecule has 2 atom stereocenters. The standard InChI is InChI=1S/C27H36N2O4S/c1-4-19(2)29(27(31)20-8-5-6-9-20)17-26(30)28-14-12-25-23(13-15-34-25)24(28)18-33-22-11-7-10-21(16-22)32-3/h7,10-11,13,15-16,19-20,24H,4-6,8-9,12,14,17-18H2,1-3H3/t19-,24-/m1/s1. The average molecular weight is 485 g/mol. The largest absolute Gasteiger partial charge is 0.497 e. The number of hydrogen-bond donors (Lipinski definition) is 0. The third kappa shape index (κ3) is 5.40. The van der Waals surface area contributed by atoms with Crippen LogP contribution < -0.4 is 9.47 Å². The van der Waals surface area contributed by atoms with Gasteiger partial charge in [-0.15, -0.1) is 11.3 Å². The molecule has 4 rings (SSSR count). The molecule has 2 amide bonds. The number of amides is 2. The molecular weight excluding hydrogens is 448 g/mol. The minimum absolute atomic E-state index is 0.00254. The smallest absolute Gasteiger partial charge is 0.242 e. The summed E-state index contributed by atoms with van der Waals surface area (Å²) in [5.74, 6) is 1.67. The molecule has 1 saturated carbocycles. The van der Waals surface area contributed by atoms with Crippen LogP contribution in [0.1, 0.15) is 62.4 Å². The van der Waals surface area contributed by atoms with Gasteiger partial charge in [-0.1, -0.05) is 25.8 Å². The molecule has 184 valence electrons. The van der Waals surface area contributed by atoms with Crippen molar-refractivity contribution in [1.29, 1.82) is 0 Å². The van der Waals surface area contributed by atoms with E-state index in [0.717, 1.165) is 49.8 Å². The first-order valence-electron chi connectivity index (χ1n) is 12.4. The molecule has 6 nitrogen and oxygen atoms in total. The minimum atomic E-state index is -0.172. The fourth-order valence-corrected chi connectivity index (χ4v) is 5.98. The molecule has 0 spiro atoms. The lowest BCUT2D eigenvalue weighted by molar-refractivity contribution is -0.146. The van der Waals surface area contributed by atoms with Crippen molar-refractivity contribution in [1.82, 2.24) is 9.80 Å². The Morgan fingerprint density at radius 1 is 1.21 bits per heavy atom. The van der Waals surface area contributed by atoms with Gasteiger partial charge in [0.05, 0.1) is 13.2 Å². The van der Waals surface area contributed by atoms with Crippen LogP contribution >= 0.6 is 11.3 Å². The van der Waals surface area contributed by atoms with Crippen LogP contribution in [0.2, 0.25) is 0 Å². The maximum absolute atomic E-state index is 13.7. The van der Waals surface area contributed by atoms with Crippen molar-refractivity contribution in [3.63, 3.8) is 0 Å². The summed E-state index contributed by atoms with van der Waals surface area (Å²) in [4.78, 5) is 32.0. The van der Waals surface area contributed by atoms with E-state index >= 15 is 0 Å². The van der Waals surface area contributed by atoms with E-state index in [1.165, 1.54) is 4.88 Å². The van der Waals surface area contributed by atoms with Gasteiger partial charge in [-0.25, -0.2) is 0 Å². The molecule has 7 heteroatoms. The summed E-state index contributed by atoms with van der Waals surface area (Å²) < 4.78 is 11.5. The van der Waals surface area contributed by atoms with Gasteiger partial charge in [-0.3, -0.25) is 9.59 Å². The molecule has 34 heavy (non-hydrogen) atoms. The Morgan fingerprint density at radius 2 is 1.97 bits per heavy atom. The van der Waals surface area contributed by atoms with E-state index in [0.29, 0.717) is 18.9 Å². The fourth-order valence-electron chi connectivity index (χ4n) is 5.06. The molecule has 2 heterocycles. The zero-order valence-electron chi connectivity index (χ0n) is 20.5. The molecular formula is C27H36N2O4S. The molecule has 0 unspecified atom stereocenters. The summed E-state index contributed by atoms with van der Waals surface area (Å²) in [6.07, 6.45) is 5.78. The Morgan fingerprint density at radius 3 is 2.71 bits per heavy atom. The van der Waals surface area contributed by atoms with Gasteiger partial charge in [0.1, 0.15) is 24.7 Å². The lowest BCUT2D eigenvalue weighted by Gasteiger charge is -2.38. The Kier molecular flexibility index (Phi) is 8.14. The van der Waals surface area contributed by atoms with Crippen molar-refractivity contribution in [3.8, 4) is 11.5 Å². The molecule has 1 aromatic carbocycles. The van der Waals surface area contributed by atoms with Crippen LogP contribution in [0.25, 0.3) is 0 Å². The third-order valence-corrected chi connectivity index (χ3v) is 8.28. The highest BCUT2D eigenvalue weighted by molar-refractivity contribution is 7.10. The number of fused-ring (bicyclic) bond motifs is 1. The lowest BCUT2D eigenvalue weighted by Crippen LogP contribution is -2.51. The van der Waals surface area contributed by atoms with E-state index in [2.05, 4.69) is 25.3 Å². The first-order valence-corrected chi connectivity index (χ1v) is 13.3. The van der Waals surface area contributed by atoms with Gasteiger partial charge >= 0.3 is 0 Å². The molecule has 1 aliphatic heterocycles. The zero-order valence-corrected chi connectivity index (χ0v) is 21.3.